The largest absolute Gasteiger partial charge is 0.395 e. The first kappa shape index (κ1) is 22.5. The molecular weight excluding hydrogens is 376 g/mol. The van der Waals surface area contributed by atoms with Crippen LogP contribution >= 0.6 is 0 Å². The van der Waals surface area contributed by atoms with Gasteiger partial charge in [-0.25, -0.2) is 0 Å². The molecule has 8 atom stereocenters. The van der Waals surface area contributed by atoms with Crippen molar-refractivity contribution in [1.82, 2.24) is 4.90 Å². The van der Waals surface area contributed by atoms with E-state index in [1.165, 1.54) is 12.8 Å². The lowest BCUT2D eigenvalue weighted by atomic mass is 9.43. The van der Waals surface area contributed by atoms with Crippen molar-refractivity contribution in [3.05, 3.63) is 0 Å². The lowest BCUT2D eigenvalue weighted by Gasteiger charge is -2.63. The summed E-state index contributed by atoms with van der Waals surface area (Å²) in [6.45, 7) is 6.34. The first-order valence-electron chi connectivity index (χ1n) is 12.4. The summed E-state index contributed by atoms with van der Waals surface area (Å²) in [6.07, 6.45) is 12.5. The fraction of sp³-hybridized carbons (Fsp3) is 0.960. The van der Waals surface area contributed by atoms with Crippen LogP contribution in [0.15, 0.2) is 5.16 Å². The Kier molecular flexibility index (Phi) is 6.29. The van der Waals surface area contributed by atoms with Gasteiger partial charge < -0.3 is 20.0 Å². The Hall–Kier alpha value is -0.650. The van der Waals surface area contributed by atoms with Crippen LogP contribution < -0.4 is 0 Å². The highest BCUT2D eigenvalue weighted by Gasteiger charge is 2.66. The maximum absolute atomic E-state index is 12.2. The Morgan fingerprint density at radius 1 is 1.03 bits per heavy atom. The van der Waals surface area contributed by atoms with Crippen molar-refractivity contribution in [3.63, 3.8) is 0 Å². The van der Waals surface area contributed by atoms with Gasteiger partial charge in [0.15, 0.2) is 0 Å². The molecule has 4 fully saturated rings. The number of aliphatic hydroxyl groups excluding tert-OH is 1. The third kappa shape index (κ3) is 3.63. The van der Waals surface area contributed by atoms with E-state index >= 15 is 0 Å². The summed E-state index contributed by atoms with van der Waals surface area (Å²) < 4.78 is 0. The van der Waals surface area contributed by atoms with Gasteiger partial charge in [-0.15, -0.1) is 0 Å². The molecule has 4 aliphatic rings. The molecule has 4 rings (SSSR count). The summed E-state index contributed by atoms with van der Waals surface area (Å²) in [5.74, 6) is 2.16. The topological polar surface area (TPSA) is 65.3 Å². The number of oxime groups is 1. The van der Waals surface area contributed by atoms with E-state index in [2.05, 4.69) is 23.9 Å². The molecule has 0 saturated heterocycles. The zero-order valence-corrected chi connectivity index (χ0v) is 19.6. The van der Waals surface area contributed by atoms with E-state index in [0.29, 0.717) is 35.7 Å². The van der Waals surface area contributed by atoms with Crippen LogP contribution in [0.1, 0.15) is 78.1 Å². The van der Waals surface area contributed by atoms with Crippen molar-refractivity contribution < 1.29 is 15.1 Å². The van der Waals surface area contributed by atoms with Gasteiger partial charge in [-0.2, -0.15) is 0 Å². The Balaban J connectivity index is 1.43. The number of aliphatic hydroxyl groups is 2. The summed E-state index contributed by atoms with van der Waals surface area (Å²) in [7, 11) is 4.07. The Labute approximate surface area is 183 Å². The fourth-order valence-electron chi connectivity index (χ4n) is 8.19. The molecule has 3 unspecified atom stereocenters. The highest BCUT2D eigenvalue weighted by Crippen LogP contribution is 2.69. The van der Waals surface area contributed by atoms with Crippen LogP contribution in [0, 0.1) is 34.5 Å². The molecule has 0 aromatic rings. The molecular formula is C25H44N2O3. The minimum atomic E-state index is -0.537. The molecule has 0 heterocycles. The quantitative estimate of drug-likeness (QED) is 0.386. The van der Waals surface area contributed by atoms with Crippen molar-refractivity contribution in [2.24, 2.45) is 39.7 Å². The minimum absolute atomic E-state index is 0.0127. The van der Waals surface area contributed by atoms with Gasteiger partial charge in [0.05, 0.1) is 11.7 Å². The van der Waals surface area contributed by atoms with E-state index in [4.69, 9.17) is 4.84 Å². The first-order chi connectivity index (χ1) is 14.2. The fourth-order valence-corrected chi connectivity index (χ4v) is 8.19. The maximum Gasteiger partial charge on any atom is 0.129 e. The number of hydrogen-bond donors (Lipinski definition) is 2. The first-order valence-corrected chi connectivity index (χ1v) is 12.4. The predicted molar refractivity (Wildman–Crippen MR) is 120 cm³/mol. The summed E-state index contributed by atoms with van der Waals surface area (Å²) in [6, 6.07) is 0. The second-order valence-corrected chi connectivity index (χ2v) is 11.7. The Bertz CT molecular complexity index is 640. The maximum atomic E-state index is 12.2. The van der Waals surface area contributed by atoms with Crippen LogP contribution in [0.3, 0.4) is 0 Å². The van der Waals surface area contributed by atoms with Crippen LogP contribution in [0.2, 0.25) is 0 Å². The average molecular weight is 421 g/mol. The number of nitrogens with zero attached hydrogens (tertiary/aromatic N) is 2. The number of likely N-dealkylation sites (N-methyl/N-ethyl adjacent to an activating group) is 1. The monoisotopic (exact) mass is 420 g/mol. The van der Waals surface area contributed by atoms with Crippen molar-refractivity contribution in [3.8, 4) is 0 Å². The van der Waals surface area contributed by atoms with Crippen LogP contribution in [-0.2, 0) is 4.84 Å². The normalized spacial score (nSPS) is 48.4. The van der Waals surface area contributed by atoms with Crippen LogP contribution in [0.4, 0.5) is 0 Å². The van der Waals surface area contributed by atoms with Gasteiger partial charge in [0.1, 0.15) is 6.61 Å². The summed E-state index contributed by atoms with van der Waals surface area (Å²) in [5.41, 5.74) is -0.246. The third-order valence-corrected chi connectivity index (χ3v) is 10.2. The van der Waals surface area contributed by atoms with Gasteiger partial charge in [0.2, 0.25) is 0 Å². The molecule has 4 saturated carbocycles. The molecule has 0 aromatic carbocycles. The lowest BCUT2D eigenvalue weighted by Crippen LogP contribution is -2.62. The van der Waals surface area contributed by atoms with Crippen LogP contribution in [-0.4, -0.2) is 60.3 Å². The van der Waals surface area contributed by atoms with Gasteiger partial charge in [-0.1, -0.05) is 19.0 Å². The predicted octanol–water partition coefficient (Wildman–Crippen LogP) is 4.08. The van der Waals surface area contributed by atoms with E-state index in [1.54, 1.807) is 0 Å². The van der Waals surface area contributed by atoms with E-state index in [9.17, 15) is 10.2 Å². The summed E-state index contributed by atoms with van der Waals surface area (Å²) in [4.78, 5) is 7.50. The second-order valence-electron chi connectivity index (χ2n) is 11.7. The van der Waals surface area contributed by atoms with Gasteiger partial charge >= 0.3 is 0 Å². The molecule has 4 aliphatic carbocycles. The molecule has 0 amide bonds. The molecule has 0 spiro atoms. The molecule has 5 nitrogen and oxygen atoms in total. The molecule has 0 aromatic heterocycles. The zero-order valence-electron chi connectivity index (χ0n) is 19.6. The highest BCUT2D eigenvalue weighted by molar-refractivity contribution is 5.57. The van der Waals surface area contributed by atoms with E-state index in [1.807, 2.05) is 20.3 Å². The second kappa shape index (κ2) is 8.37. The van der Waals surface area contributed by atoms with Crippen molar-refractivity contribution in [2.75, 3.05) is 27.2 Å². The summed E-state index contributed by atoms with van der Waals surface area (Å²) >= 11 is 0. The van der Waals surface area contributed by atoms with E-state index in [0.717, 1.165) is 57.9 Å². The van der Waals surface area contributed by atoms with Gasteiger partial charge in [0, 0.05) is 12.8 Å². The molecule has 0 radical (unpaired) electrons. The van der Waals surface area contributed by atoms with Crippen molar-refractivity contribution in [1.29, 1.82) is 0 Å². The van der Waals surface area contributed by atoms with E-state index < -0.39 is 5.60 Å². The number of fused-ring (bicyclic) bond motifs is 5. The SMILES string of the molecule is CN(C)CCO/N=C/CC1CC[C@@]2(O)[C@@H]3CCC4CC(O)CC[C@]4(C)[C@@H]3CC[C@]12C. The van der Waals surface area contributed by atoms with Crippen LogP contribution in [0.5, 0.6) is 0 Å². The molecule has 2 N–H and O–H groups in total. The Morgan fingerprint density at radius 2 is 1.83 bits per heavy atom. The highest BCUT2D eigenvalue weighted by atomic mass is 16.6. The molecule has 172 valence electrons. The van der Waals surface area contributed by atoms with Crippen molar-refractivity contribution >= 4 is 6.21 Å². The number of hydrogen-bond acceptors (Lipinski definition) is 5. The van der Waals surface area contributed by atoms with Gasteiger partial charge in [0.25, 0.3) is 0 Å². The lowest BCUT2D eigenvalue weighted by molar-refractivity contribution is -0.209. The molecule has 0 bridgehead atoms. The van der Waals surface area contributed by atoms with Crippen molar-refractivity contribution in [2.45, 2.75) is 89.8 Å². The third-order valence-electron chi connectivity index (χ3n) is 10.2. The standard InChI is InChI=1S/C25H44N2O3/c1-23-11-8-20(28)17-19(23)5-6-22-21(23)9-12-24(2)18(7-13-25(22,24)29)10-14-26-30-16-15-27(3)4/h14,18-22,28-29H,5-13,15-17H2,1-4H3/b26-14+/t18?,19?,20?,21-,22-,23+,24-,25-/m1/s1. The summed E-state index contributed by atoms with van der Waals surface area (Å²) in [5, 5.41) is 26.6. The smallest absolute Gasteiger partial charge is 0.129 e. The molecule has 30 heavy (non-hydrogen) atoms. The molecule has 5 heteroatoms. The number of rotatable bonds is 6. The minimum Gasteiger partial charge on any atom is -0.395 e. The van der Waals surface area contributed by atoms with Crippen LogP contribution in [0.25, 0.3) is 0 Å². The van der Waals surface area contributed by atoms with Gasteiger partial charge in [-0.05, 0) is 113 Å². The molecule has 0 aliphatic heterocycles. The zero-order chi connectivity index (χ0) is 21.6. The average Bonchev–Trinajstić information content (AvgIpc) is 2.96. The van der Waals surface area contributed by atoms with E-state index in [-0.39, 0.29) is 11.5 Å². The van der Waals surface area contributed by atoms with Gasteiger partial charge in [-0.3, -0.25) is 0 Å². The Morgan fingerprint density at radius 3 is 2.60 bits per heavy atom.